The highest BCUT2D eigenvalue weighted by atomic mass is 79.9. The molecule has 0 radical (unpaired) electrons. The van der Waals surface area contributed by atoms with Crippen LogP contribution < -0.4 is 11.1 Å². The summed E-state index contributed by atoms with van der Waals surface area (Å²) in [5, 5.41) is 13.5. The van der Waals surface area contributed by atoms with Crippen molar-refractivity contribution in [2.24, 2.45) is 5.73 Å². The summed E-state index contributed by atoms with van der Waals surface area (Å²) in [5.74, 6) is -0.133. The third-order valence-electron chi connectivity index (χ3n) is 3.43. The van der Waals surface area contributed by atoms with Gasteiger partial charge in [-0.25, -0.2) is 0 Å². The second-order valence-electron chi connectivity index (χ2n) is 5.09. The Labute approximate surface area is 130 Å². The number of piperidine rings is 1. The molecule has 3 N–H and O–H groups in total. The summed E-state index contributed by atoms with van der Waals surface area (Å²) in [4.78, 5) is 24.3. The Morgan fingerprint density at radius 3 is 2.71 bits per heavy atom. The maximum Gasteiger partial charge on any atom is 0.283 e. The summed E-state index contributed by atoms with van der Waals surface area (Å²) in [5.41, 5.74) is 6.32. The van der Waals surface area contributed by atoms with E-state index in [9.17, 15) is 14.9 Å². The molecule has 0 spiro atoms. The van der Waals surface area contributed by atoms with Gasteiger partial charge in [0.25, 0.3) is 5.69 Å². The highest BCUT2D eigenvalue weighted by Crippen LogP contribution is 2.27. The van der Waals surface area contributed by atoms with Gasteiger partial charge in [0.1, 0.15) is 0 Å². The Morgan fingerprint density at radius 1 is 1.48 bits per heavy atom. The van der Waals surface area contributed by atoms with Crippen molar-refractivity contribution in [1.82, 2.24) is 4.90 Å². The van der Waals surface area contributed by atoms with Gasteiger partial charge >= 0.3 is 0 Å². The van der Waals surface area contributed by atoms with Crippen molar-refractivity contribution in [3.05, 3.63) is 32.8 Å². The summed E-state index contributed by atoms with van der Waals surface area (Å²) in [7, 11) is 0. The number of hydrogen-bond donors (Lipinski definition) is 2. The van der Waals surface area contributed by atoms with E-state index < -0.39 is 4.92 Å². The largest absolute Gasteiger partial charge is 0.328 e. The van der Waals surface area contributed by atoms with Gasteiger partial charge in [0.15, 0.2) is 0 Å². The molecule has 7 nitrogen and oxygen atoms in total. The normalized spacial score (nSPS) is 16.7. The van der Waals surface area contributed by atoms with E-state index in [4.69, 9.17) is 5.73 Å². The van der Waals surface area contributed by atoms with Crippen LogP contribution >= 0.6 is 15.9 Å². The molecule has 1 aliphatic rings. The number of amides is 1. The number of nitrogens with two attached hydrogens (primary N) is 1. The van der Waals surface area contributed by atoms with Crippen LogP contribution in [-0.2, 0) is 4.79 Å². The van der Waals surface area contributed by atoms with Gasteiger partial charge in [-0.15, -0.1) is 0 Å². The molecule has 1 aliphatic heterocycles. The van der Waals surface area contributed by atoms with Gasteiger partial charge in [-0.3, -0.25) is 19.8 Å². The number of hydrogen-bond acceptors (Lipinski definition) is 5. The van der Waals surface area contributed by atoms with Crippen LogP contribution in [0.2, 0.25) is 0 Å². The van der Waals surface area contributed by atoms with E-state index in [2.05, 4.69) is 26.1 Å². The number of benzene rings is 1. The minimum atomic E-state index is -0.480. The van der Waals surface area contributed by atoms with Crippen molar-refractivity contribution in [2.45, 2.75) is 18.9 Å². The van der Waals surface area contributed by atoms with Crippen LogP contribution in [0.1, 0.15) is 12.8 Å². The second kappa shape index (κ2) is 6.97. The zero-order chi connectivity index (χ0) is 15.4. The molecule has 1 saturated heterocycles. The first-order valence-corrected chi connectivity index (χ1v) is 7.46. The van der Waals surface area contributed by atoms with Crippen LogP contribution in [0.4, 0.5) is 11.4 Å². The molecular weight excluding hydrogens is 340 g/mol. The lowest BCUT2D eigenvalue weighted by atomic mass is 10.1. The van der Waals surface area contributed by atoms with Gasteiger partial charge in [0.05, 0.1) is 15.9 Å². The number of nitrogens with zero attached hydrogens (tertiary/aromatic N) is 2. The summed E-state index contributed by atoms with van der Waals surface area (Å²) in [6.45, 7) is 1.94. The van der Waals surface area contributed by atoms with Crippen LogP contribution in [0, 0.1) is 10.1 Å². The van der Waals surface area contributed by atoms with Crippen molar-refractivity contribution >= 4 is 33.2 Å². The number of nitro groups is 1. The number of likely N-dealkylation sites (tertiary alicyclic amines) is 1. The van der Waals surface area contributed by atoms with Crippen LogP contribution in [0.5, 0.6) is 0 Å². The third kappa shape index (κ3) is 4.48. The topological polar surface area (TPSA) is 102 Å². The number of nitro benzene ring substituents is 1. The second-order valence-corrected chi connectivity index (χ2v) is 5.94. The quantitative estimate of drug-likeness (QED) is 0.631. The summed E-state index contributed by atoms with van der Waals surface area (Å²) in [6.07, 6.45) is 1.80. The number of nitrogens with one attached hydrogen (secondary N) is 1. The number of rotatable bonds is 4. The number of halogens is 1. The Morgan fingerprint density at radius 2 is 2.14 bits per heavy atom. The monoisotopic (exact) mass is 356 g/mol. The van der Waals surface area contributed by atoms with E-state index in [1.165, 1.54) is 18.2 Å². The zero-order valence-electron chi connectivity index (χ0n) is 11.4. The molecule has 114 valence electrons. The summed E-state index contributed by atoms with van der Waals surface area (Å²) in [6, 6.07) is 4.64. The van der Waals surface area contributed by atoms with E-state index >= 15 is 0 Å². The molecule has 1 fully saturated rings. The Kier molecular flexibility index (Phi) is 5.27. The average molecular weight is 357 g/mol. The Hall–Kier alpha value is -1.51. The number of carbonyl (C=O) groups is 1. The zero-order valence-corrected chi connectivity index (χ0v) is 13.0. The Balaban J connectivity index is 1.91. The van der Waals surface area contributed by atoms with Crippen molar-refractivity contribution in [3.63, 3.8) is 0 Å². The van der Waals surface area contributed by atoms with Gasteiger partial charge in [-0.05, 0) is 40.9 Å². The molecule has 0 aliphatic carbocycles. The van der Waals surface area contributed by atoms with Gasteiger partial charge in [0, 0.05) is 30.9 Å². The molecule has 0 bridgehead atoms. The number of carbonyl (C=O) groups excluding carboxylic acids is 1. The summed E-state index contributed by atoms with van der Waals surface area (Å²) < 4.78 is 0.342. The van der Waals surface area contributed by atoms with Gasteiger partial charge in [-0.1, -0.05) is 0 Å². The molecule has 2 rings (SSSR count). The molecule has 0 atom stereocenters. The van der Waals surface area contributed by atoms with Crippen molar-refractivity contribution < 1.29 is 9.72 Å². The summed E-state index contributed by atoms with van der Waals surface area (Å²) >= 11 is 3.13. The van der Waals surface area contributed by atoms with Crippen LogP contribution in [0.15, 0.2) is 22.7 Å². The lowest BCUT2D eigenvalue weighted by molar-refractivity contribution is -0.385. The van der Waals surface area contributed by atoms with Gasteiger partial charge in [-0.2, -0.15) is 0 Å². The molecule has 1 amide bonds. The first kappa shape index (κ1) is 15.9. The highest BCUT2D eigenvalue weighted by Gasteiger charge is 2.18. The van der Waals surface area contributed by atoms with E-state index in [1.807, 2.05) is 0 Å². The van der Waals surface area contributed by atoms with Crippen LogP contribution in [0.3, 0.4) is 0 Å². The lowest BCUT2D eigenvalue weighted by Crippen LogP contribution is -2.43. The van der Waals surface area contributed by atoms with Crippen LogP contribution in [0.25, 0.3) is 0 Å². The maximum absolute atomic E-state index is 12.0. The van der Waals surface area contributed by atoms with E-state index in [-0.39, 0.29) is 17.6 Å². The van der Waals surface area contributed by atoms with Gasteiger partial charge < -0.3 is 11.1 Å². The molecular formula is C13H17BrN4O3. The van der Waals surface area contributed by atoms with E-state index in [1.54, 1.807) is 0 Å². The molecule has 1 aromatic carbocycles. The third-order valence-corrected chi connectivity index (χ3v) is 4.06. The SMILES string of the molecule is NC1CCN(CC(=O)Nc2ccc([N+](=O)[O-])c(Br)c2)CC1. The number of anilines is 1. The molecule has 0 aromatic heterocycles. The smallest absolute Gasteiger partial charge is 0.283 e. The first-order chi connectivity index (χ1) is 9.95. The Bertz CT molecular complexity index is 544. The van der Waals surface area contributed by atoms with Crippen molar-refractivity contribution in [2.75, 3.05) is 25.0 Å². The van der Waals surface area contributed by atoms with Crippen molar-refractivity contribution in [1.29, 1.82) is 0 Å². The molecule has 1 heterocycles. The minimum absolute atomic E-state index is 0.0296. The standard InChI is InChI=1S/C13H17BrN4O3/c14-11-7-10(1-2-12(11)18(20)21)16-13(19)8-17-5-3-9(15)4-6-17/h1-2,7,9H,3-6,8,15H2,(H,16,19). The maximum atomic E-state index is 12.0. The van der Waals surface area contributed by atoms with E-state index in [0.29, 0.717) is 16.7 Å². The average Bonchev–Trinajstić information content (AvgIpc) is 2.41. The molecule has 0 saturated carbocycles. The fourth-order valence-corrected chi connectivity index (χ4v) is 2.77. The lowest BCUT2D eigenvalue weighted by Gasteiger charge is -2.29. The van der Waals surface area contributed by atoms with Crippen molar-refractivity contribution in [3.8, 4) is 0 Å². The molecule has 8 heteroatoms. The molecule has 1 aromatic rings. The molecule has 21 heavy (non-hydrogen) atoms. The fourth-order valence-electron chi connectivity index (χ4n) is 2.25. The highest BCUT2D eigenvalue weighted by molar-refractivity contribution is 9.10. The predicted octanol–water partition coefficient (Wildman–Crippen LogP) is 1.72. The van der Waals surface area contributed by atoms with Gasteiger partial charge in [0.2, 0.25) is 5.91 Å². The fraction of sp³-hybridized carbons (Fsp3) is 0.462. The molecule has 0 unspecified atom stereocenters. The minimum Gasteiger partial charge on any atom is -0.328 e. The van der Waals surface area contributed by atoms with E-state index in [0.717, 1.165) is 25.9 Å². The predicted molar refractivity (Wildman–Crippen MR) is 83.1 cm³/mol. The first-order valence-electron chi connectivity index (χ1n) is 6.67. The van der Waals surface area contributed by atoms with Crippen LogP contribution in [-0.4, -0.2) is 41.4 Å².